The van der Waals surface area contributed by atoms with E-state index in [0.29, 0.717) is 5.82 Å². The van der Waals surface area contributed by atoms with Gasteiger partial charge >= 0.3 is 0 Å². The molecule has 6 heteroatoms. The van der Waals surface area contributed by atoms with E-state index in [1.54, 1.807) is 6.20 Å². The Bertz CT molecular complexity index is 2980. The Morgan fingerprint density at radius 2 is 0.964 bits per heavy atom. The van der Waals surface area contributed by atoms with Crippen molar-refractivity contribution >= 4 is 55.5 Å². The second-order valence-electron chi connectivity index (χ2n) is 13.7. The predicted octanol–water partition coefficient (Wildman–Crippen LogP) is 11.0. The molecule has 0 aliphatic heterocycles. The van der Waals surface area contributed by atoms with Crippen LogP contribution in [0, 0.1) is 0 Å². The molecule has 0 bridgehead atoms. The third kappa shape index (κ3) is 5.78. The van der Waals surface area contributed by atoms with Crippen molar-refractivity contribution in [1.29, 1.82) is 0 Å². The van der Waals surface area contributed by atoms with E-state index in [9.17, 15) is 0 Å². The molecule has 56 heavy (non-hydrogen) atoms. The number of nitrogens with zero attached hydrogens (tertiary/aromatic N) is 4. The molecule has 264 valence electrons. The number of fused-ring (bicyclic) bond motifs is 5. The summed E-state index contributed by atoms with van der Waals surface area (Å²) in [5.41, 5.74) is 6.88. The van der Waals surface area contributed by atoms with Crippen molar-refractivity contribution < 1.29 is 4.57 Å². The van der Waals surface area contributed by atoms with Gasteiger partial charge in [-0.3, -0.25) is 4.98 Å². The highest BCUT2D eigenvalue weighted by Crippen LogP contribution is 2.44. The minimum absolute atomic E-state index is 0.627. The molecule has 0 saturated heterocycles. The van der Waals surface area contributed by atoms with Crippen LogP contribution in [0.15, 0.2) is 200 Å². The van der Waals surface area contributed by atoms with Gasteiger partial charge in [-0.1, -0.05) is 164 Å². The Balaban J connectivity index is 1.22. The van der Waals surface area contributed by atoms with Gasteiger partial charge in [-0.25, -0.2) is 15.0 Å². The molecule has 0 fully saturated rings. The van der Waals surface area contributed by atoms with E-state index in [2.05, 4.69) is 65.6 Å². The van der Waals surface area contributed by atoms with Gasteiger partial charge in [0.05, 0.1) is 28.3 Å². The third-order valence-corrected chi connectivity index (χ3v) is 13.5. The Morgan fingerprint density at radius 3 is 1.64 bits per heavy atom. The number of aromatic nitrogens is 4. The lowest BCUT2D eigenvalue weighted by molar-refractivity contribution is 0.592. The molecule has 0 saturated carbocycles. The standard InChI is InChI=1S/C50H33N4OP/c55-56(36-18-6-2-7-19-36,37-20-8-3-9-21-37)38-29-27-34(28-30-38)49-43-32-42(39-22-10-11-23-40(39)48(43)41-24-12-13-25-44(41)52-49)46-33-47(45-26-14-15-31-51-45)54-50(53-46)35-16-4-1-5-17-35/h1-33H. The molecule has 0 atom stereocenters. The summed E-state index contributed by atoms with van der Waals surface area (Å²) >= 11 is 0. The lowest BCUT2D eigenvalue weighted by Crippen LogP contribution is -2.24. The first kappa shape index (κ1) is 33.5. The molecule has 3 aromatic heterocycles. The van der Waals surface area contributed by atoms with Gasteiger partial charge in [0.2, 0.25) is 0 Å². The van der Waals surface area contributed by atoms with E-state index in [0.717, 1.165) is 87.8 Å². The van der Waals surface area contributed by atoms with Crippen LogP contribution >= 0.6 is 7.14 Å². The molecular weight excluding hydrogens is 704 g/mol. The van der Waals surface area contributed by atoms with Crippen molar-refractivity contribution in [3.8, 4) is 45.3 Å². The van der Waals surface area contributed by atoms with E-state index >= 15 is 4.57 Å². The molecule has 0 radical (unpaired) electrons. The van der Waals surface area contributed by atoms with Crippen molar-refractivity contribution in [3.05, 3.63) is 200 Å². The van der Waals surface area contributed by atoms with Crippen LogP contribution in [0.1, 0.15) is 0 Å². The van der Waals surface area contributed by atoms with Gasteiger partial charge < -0.3 is 4.57 Å². The lowest BCUT2D eigenvalue weighted by Gasteiger charge is -2.20. The van der Waals surface area contributed by atoms with Crippen LogP contribution in [0.4, 0.5) is 0 Å². The number of benzene rings is 7. The smallest absolute Gasteiger partial charge is 0.171 e. The van der Waals surface area contributed by atoms with Crippen LogP contribution in [0.2, 0.25) is 0 Å². The van der Waals surface area contributed by atoms with Crippen LogP contribution in [0.25, 0.3) is 77.7 Å². The maximum absolute atomic E-state index is 15.2. The van der Waals surface area contributed by atoms with Gasteiger partial charge in [0.25, 0.3) is 0 Å². The largest absolute Gasteiger partial charge is 0.309 e. The summed E-state index contributed by atoms with van der Waals surface area (Å²) < 4.78 is 15.2. The van der Waals surface area contributed by atoms with Gasteiger partial charge in [-0.2, -0.15) is 0 Å². The highest BCUT2D eigenvalue weighted by Gasteiger charge is 2.29. The molecule has 0 amide bonds. The zero-order chi connectivity index (χ0) is 37.5. The topological polar surface area (TPSA) is 68.6 Å². The summed E-state index contributed by atoms with van der Waals surface area (Å²) in [7, 11) is -3.16. The van der Waals surface area contributed by atoms with Crippen molar-refractivity contribution in [1.82, 2.24) is 19.9 Å². The Hall–Kier alpha value is -7.07. The van der Waals surface area contributed by atoms with E-state index in [4.69, 9.17) is 15.0 Å². The van der Waals surface area contributed by atoms with Gasteiger partial charge in [-0.15, -0.1) is 0 Å². The Labute approximate surface area is 324 Å². The first-order chi connectivity index (χ1) is 27.6. The molecular formula is C50H33N4OP. The summed E-state index contributed by atoms with van der Waals surface area (Å²) in [5.74, 6) is 0.627. The number of pyridine rings is 2. The van der Waals surface area contributed by atoms with Crippen molar-refractivity contribution in [2.75, 3.05) is 0 Å². The summed E-state index contributed by atoms with van der Waals surface area (Å²) in [5, 5.41) is 7.75. The Morgan fingerprint density at radius 1 is 0.393 bits per heavy atom. The quantitative estimate of drug-likeness (QED) is 0.120. The second-order valence-corrected chi connectivity index (χ2v) is 16.5. The molecule has 0 N–H and O–H groups in total. The van der Waals surface area contributed by atoms with Crippen molar-refractivity contribution in [3.63, 3.8) is 0 Å². The fraction of sp³-hybridized carbons (Fsp3) is 0. The maximum atomic E-state index is 15.2. The number of rotatable bonds is 7. The van der Waals surface area contributed by atoms with Crippen molar-refractivity contribution in [2.45, 2.75) is 0 Å². The molecule has 7 aromatic carbocycles. The monoisotopic (exact) mass is 736 g/mol. The molecule has 5 nitrogen and oxygen atoms in total. The summed E-state index contributed by atoms with van der Waals surface area (Å²) in [6, 6.07) is 64.8. The second kappa shape index (κ2) is 14.0. The van der Waals surface area contributed by atoms with E-state index in [1.807, 2.05) is 133 Å². The zero-order valence-electron chi connectivity index (χ0n) is 30.2. The van der Waals surface area contributed by atoms with Gasteiger partial charge in [0.15, 0.2) is 13.0 Å². The summed E-state index contributed by atoms with van der Waals surface area (Å²) in [4.78, 5) is 20.2. The Kier molecular flexibility index (Phi) is 8.36. The minimum atomic E-state index is -3.16. The number of para-hydroxylation sites is 1. The maximum Gasteiger partial charge on any atom is 0.171 e. The molecule has 0 aliphatic rings. The molecule has 0 unspecified atom stereocenters. The zero-order valence-corrected chi connectivity index (χ0v) is 31.1. The average Bonchev–Trinajstić information content (AvgIpc) is 3.29. The third-order valence-electron chi connectivity index (χ3n) is 10.4. The molecule has 3 heterocycles. The fourth-order valence-corrected chi connectivity index (χ4v) is 10.4. The number of hydrogen-bond donors (Lipinski definition) is 0. The fourth-order valence-electron chi connectivity index (χ4n) is 7.75. The molecule has 0 spiro atoms. The van der Waals surface area contributed by atoms with Crippen molar-refractivity contribution in [2.24, 2.45) is 0 Å². The van der Waals surface area contributed by atoms with Crippen LogP contribution in [0.3, 0.4) is 0 Å². The normalized spacial score (nSPS) is 11.6. The van der Waals surface area contributed by atoms with E-state index in [-0.39, 0.29) is 0 Å². The van der Waals surface area contributed by atoms with Crippen LogP contribution in [0.5, 0.6) is 0 Å². The first-order valence-corrected chi connectivity index (χ1v) is 20.3. The van der Waals surface area contributed by atoms with Crippen LogP contribution < -0.4 is 15.9 Å². The summed E-state index contributed by atoms with van der Waals surface area (Å²) in [6.45, 7) is 0. The van der Waals surface area contributed by atoms with Gasteiger partial charge in [-0.05, 0) is 41.1 Å². The highest BCUT2D eigenvalue weighted by molar-refractivity contribution is 7.85. The van der Waals surface area contributed by atoms with Crippen LogP contribution in [-0.4, -0.2) is 19.9 Å². The van der Waals surface area contributed by atoms with E-state index < -0.39 is 7.14 Å². The first-order valence-electron chi connectivity index (χ1n) is 18.6. The number of hydrogen-bond acceptors (Lipinski definition) is 5. The predicted molar refractivity (Wildman–Crippen MR) is 231 cm³/mol. The summed E-state index contributed by atoms with van der Waals surface area (Å²) in [6.07, 6.45) is 1.79. The molecule has 0 aliphatic carbocycles. The SMILES string of the molecule is O=P(c1ccccc1)(c1ccccc1)c1ccc(-c2nc3ccccc3c3c2cc(-c2cc(-c4ccccn4)nc(-c4ccccc4)n2)c2ccccc23)cc1. The highest BCUT2D eigenvalue weighted by atomic mass is 31.2. The minimum Gasteiger partial charge on any atom is -0.309 e. The average molecular weight is 737 g/mol. The lowest BCUT2D eigenvalue weighted by atomic mass is 9.91. The van der Waals surface area contributed by atoms with Gasteiger partial charge in [0.1, 0.15) is 0 Å². The molecule has 10 aromatic rings. The van der Waals surface area contributed by atoms with E-state index in [1.165, 1.54) is 0 Å². The van der Waals surface area contributed by atoms with Crippen LogP contribution in [-0.2, 0) is 4.57 Å². The van der Waals surface area contributed by atoms with Gasteiger partial charge in [0, 0.05) is 55.0 Å². The molecule has 10 rings (SSSR count).